The number of ether oxygens (including phenoxy) is 2. The quantitative estimate of drug-likeness (QED) is 0.325. The molecule has 1 saturated carbocycles. The summed E-state index contributed by atoms with van der Waals surface area (Å²) in [7, 11) is -0.290. The number of terminal acetylenes is 1. The number of carbonyl (C=O) groups excluding carboxylic acids is 1. The molecule has 0 radical (unpaired) electrons. The lowest BCUT2D eigenvalue weighted by atomic mass is 9.92. The summed E-state index contributed by atoms with van der Waals surface area (Å²) in [6.07, 6.45) is 8.59. The summed E-state index contributed by atoms with van der Waals surface area (Å²) in [5.74, 6) is 2.88. The number of hydrogen-bond acceptors (Lipinski definition) is 4. The molecule has 1 fully saturated rings. The molecule has 0 heterocycles. The van der Waals surface area contributed by atoms with E-state index in [0.29, 0.717) is 19.3 Å². The van der Waals surface area contributed by atoms with Gasteiger partial charge in [0.05, 0.1) is 6.10 Å². The maximum absolute atomic E-state index is 12.7. The molecule has 1 aliphatic rings. The highest BCUT2D eigenvalue weighted by Gasteiger charge is 2.49. The van der Waals surface area contributed by atoms with Gasteiger partial charge in [-0.3, -0.25) is 4.79 Å². The number of rotatable bonds is 11. The lowest BCUT2D eigenvalue weighted by Gasteiger charge is -2.40. The Labute approximate surface area is 142 Å². The summed E-state index contributed by atoms with van der Waals surface area (Å²) in [6, 6.07) is 3.11. The van der Waals surface area contributed by atoms with Gasteiger partial charge >= 0.3 is 0 Å². The van der Waals surface area contributed by atoms with Crippen molar-refractivity contribution in [3.8, 4) is 12.3 Å². The van der Waals surface area contributed by atoms with E-state index >= 15 is 0 Å². The fraction of sp³-hybridized carbons (Fsp3) is 0.833. The summed E-state index contributed by atoms with van der Waals surface area (Å²) < 4.78 is 17.4. The SMILES string of the molecule is C#CC[C@H](C[C@]1(O[Si](CC)(CC)CC)CCCC1=O)OCOC. The van der Waals surface area contributed by atoms with E-state index < -0.39 is 13.9 Å². The Hall–Kier alpha value is -0.673. The van der Waals surface area contributed by atoms with E-state index in [2.05, 4.69) is 26.7 Å². The van der Waals surface area contributed by atoms with Crippen LogP contribution < -0.4 is 0 Å². The molecule has 0 amide bonds. The minimum absolute atomic E-state index is 0.189. The second-order valence-electron chi connectivity index (χ2n) is 6.42. The molecule has 0 aliphatic heterocycles. The van der Waals surface area contributed by atoms with Gasteiger partial charge in [-0.25, -0.2) is 0 Å². The Morgan fingerprint density at radius 2 is 1.96 bits per heavy atom. The molecule has 0 aromatic rings. The molecule has 0 aromatic heterocycles. The summed E-state index contributed by atoms with van der Waals surface area (Å²) in [4.78, 5) is 12.7. The van der Waals surface area contributed by atoms with Gasteiger partial charge in [0.2, 0.25) is 0 Å². The third-order valence-corrected chi connectivity index (χ3v) is 9.85. The molecular weight excluding hydrogens is 308 g/mol. The molecule has 0 spiro atoms. The Morgan fingerprint density at radius 1 is 1.30 bits per heavy atom. The van der Waals surface area contributed by atoms with Crippen LogP contribution in [0.5, 0.6) is 0 Å². The second kappa shape index (κ2) is 9.58. The first-order valence-electron chi connectivity index (χ1n) is 8.79. The Bertz CT molecular complexity index is 405. The zero-order valence-electron chi connectivity index (χ0n) is 15.2. The molecule has 23 heavy (non-hydrogen) atoms. The minimum atomic E-state index is -1.88. The lowest BCUT2D eigenvalue weighted by molar-refractivity contribution is -0.139. The molecule has 0 aromatic carbocycles. The molecule has 132 valence electrons. The van der Waals surface area contributed by atoms with Crippen molar-refractivity contribution in [3.05, 3.63) is 0 Å². The standard InChI is InChI=1S/C18H32O4Si/c1-6-11-16(21-15-20-5)14-18(13-10-12-17(18)19)22-23(7-2,8-3)9-4/h1,16H,7-15H2,2-5H3/t16-,18-/m1/s1. The number of Topliss-reactive ketones (excluding diaryl/α,β-unsaturated/α-hetero) is 1. The Morgan fingerprint density at radius 3 is 2.39 bits per heavy atom. The van der Waals surface area contributed by atoms with Crippen LogP contribution in [-0.2, 0) is 18.7 Å². The molecule has 1 aliphatic carbocycles. The van der Waals surface area contributed by atoms with E-state index in [0.717, 1.165) is 31.0 Å². The smallest absolute Gasteiger partial charge is 0.193 e. The molecular formula is C18H32O4Si. The Balaban J connectivity index is 2.98. The molecule has 0 bridgehead atoms. The van der Waals surface area contributed by atoms with E-state index in [1.165, 1.54) is 0 Å². The minimum Gasteiger partial charge on any atom is -0.404 e. The highest BCUT2D eigenvalue weighted by Crippen LogP contribution is 2.40. The fourth-order valence-electron chi connectivity index (χ4n) is 3.50. The first kappa shape index (κ1) is 20.4. The number of hydrogen-bond donors (Lipinski definition) is 0. The van der Waals surface area contributed by atoms with Gasteiger partial charge < -0.3 is 13.9 Å². The van der Waals surface area contributed by atoms with Crippen LogP contribution in [0, 0.1) is 12.3 Å². The first-order valence-corrected chi connectivity index (χ1v) is 11.3. The van der Waals surface area contributed by atoms with Crippen LogP contribution in [0.3, 0.4) is 0 Å². The van der Waals surface area contributed by atoms with Crippen molar-refractivity contribution in [2.45, 2.75) is 82.7 Å². The lowest BCUT2D eigenvalue weighted by Crippen LogP contribution is -2.51. The van der Waals surface area contributed by atoms with E-state index in [1.54, 1.807) is 7.11 Å². The topological polar surface area (TPSA) is 44.8 Å². The second-order valence-corrected chi connectivity index (χ2v) is 11.1. The zero-order chi connectivity index (χ0) is 17.3. The van der Waals surface area contributed by atoms with Gasteiger partial charge in [-0.15, -0.1) is 12.3 Å². The molecule has 0 unspecified atom stereocenters. The maximum atomic E-state index is 12.7. The monoisotopic (exact) mass is 340 g/mol. The average molecular weight is 341 g/mol. The van der Waals surface area contributed by atoms with Gasteiger partial charge in [-0.05, 0) is 31.0 Å². The Kier molecular flexibility index (Phi) is 8.49. The van der Waals surface area contributed by atoms with Crippen molar-refractivity contribution in [2.24, 2.45) is 0 Å². The largest absolute Gasteiger partial charge is 0.404 e. The zero-order valence-corrected chi connectivity index (χ0v) is 16.2. The average Bonchev–Trinajstić information content (AvgIpc) is 2.91. The van der Waals surface area contributed by atoms with E-state index in [9.17, 15) is 4.79 Å². The van der Waals surface area contributed by atoms with Gasteiger partial charge in [-0.2, -0.15) is 0 Å². The van der Waals surface area contributed by atoms with E-state index in [1.807, 2.05) is 0 Å². The van der Waals surface area contributed by atoms with Crippen LogP contribution in [0.1, 0.15) is 52.9 Å². The third kappa shape index (κ3) is 5.15. The van der Waals surface area contributed by atoms with E-state index in [4.69, 9.17) is 20.3 Å². The molecule has 4 nitrogen and oxygen atoms in total. The van der Waals surface area contributed by atoms with Crippen molar-refractivity contribution in [1.29, 1.82) is 0 Å². The molecule has 1 rings (SSSR count). The highest BCUT2D eigenvalue weighted by atomic mass is 28.4. The fourth-order valence-corrected chi connectivity index (χ4v) is 6.56. The van der Waals surface area contributed by atoms with Crippen molar-refractivity contribution in [1.82, 2.24) is 0 Å². The predicted octanol–water partition coefficient (Wildman–Crippen LogP) is 3.90. The van der Waals surface area contributed by atoms with Gasteiger partial charge in [0.1, 0.15) is 12.4 Å². The van der Waals surface area contributed by atoms with Crippen LogP contribution in [-0.4, -0.2) is 39.7 Å². The van der Waals surface area contributed by atoms with Gasteiger partial charge in [0, 0.05) is 26.4 Å². The first-order chi connectivity index (χ1) is 11.0. The number of carbonyl (C=O) groups is 1. The van der Waals surface area contributed by atoms with Crippen molar-refractivity contribution in [3.63, 3.8) is 0 Å². The van der Waals surface area contributed by atoms with Crippen LogP contribution in [0.2, 0.25) is 18.1 Å². The van der Waals surface area contributed by atoms with Crippen LogP contribution in [0.25, 0.3) is 0 Å². The predicted molar refractivity (Wildman–Crippen MR) is 94.7 cm³/mol. The van der Waals surface area contributed by atoms with Crippen molar-refractivity contribution < 1.29 is 18.7 Å². The number of methoxy groups -OCH3 is 1. The highest BCUT2D eigenvalue weighted by molar-refractivity contribution is 6.73. The summed E-state index contributed by atoms with van der Waals surface area (Å²) in [5.41, 5.74) is -0.691. The van der Waals surface area contributed by atoms with Crippen LogP contribution >= 0.6 is 0 Å². The summed E-state index contributed by atoms with van der Waals surface area (Å²) in [5, 5.41) is 0. The molecule has 0 saturated heterocycles. The molecule has 2 atom stereocenters. The maximum Gasteiger partial charge on any atom is 0.193 e. The summed E-state index contributed by atoms with van der Waals surface area (Å²) in [6.45, 7) is 6.75. The molecule has 5 heteroatoms. The van der Waals surface area contributed by atoms with Gasteiger partial charge in [0.25, 0.3) is 0 Å². The van der Waals surface area contributed by atoms with Gasteiger partial charge in [0.15, 0.2) is 14.1 Å². The van der Waals surface area contributed by atoms with Crippen LogP contribution in [0.4, 0.5) is 0 Å². The van der Waals surface area contributed by atoms with Crippen LogP contribution in [0.15, 0.2) is 0 Å². The van der Waals surface area contributed by atoms with Crippen molar-refractivity contribution >= 4 is 14.1 Å². The van der Waals surface area contributed by atoms with E-state index in [-0.39, 0.29) is 18.7 Å². The normalized spacial score (nSPS) is 23.0. The van der Waals surface area contributed by atoms with Gasteiger partial charge in [-0.1, -0.05) is 20.8 Å². The molecule has 0 N–H and O–H groups in total. The third-order valence-electron chi connectivity index (χ3n) is 5.16. The van der Waals surface area contributed by atoms with Crippen molar-refractivity contribution in [2.75, 3.05) is 13.9 Å². The summed E-state index contributed by atoms with van der Waals surface area (Å²) >= 11 is 0. The number of ketones is 1.